The van der Waals surface area contributed by atoms with Crippen molar-refractivity contribution in [3.05, 3.63) is 45.9 Å². The number of anilines is 1. The number of urea groups is 1. The Morgan fingerprint density at radius 1 is 1.26 bits per heavy atom. The van der Waals surface area contributed by atoms with E-state index in [-0.39, 0.29) is 6.03 Å². The lowest BCUT2D eigenvalue weighted by atomic mass is 10.2. The molecule has 0 radical (unpaired) electrons. The van der Waals surface area contributed by atoms with Crippen molar-refractivity contribution in [2.75, 3.05) is 31.1 Å². The molecule has 6 heteroatoms. The molecule has 5 nitrogen and oxygen atoms in total. The van der Waals surface area contributed by atoms with E-state index in [4.69, 9.17) is 0 Å². The molecule has 2 heterocycles. The zero-order valence-corrected chi connectivity index (χ0v) is 14.4. The highest BCUT2D eigenvalue weighted by atomic mass is 32.1. The normalized spacial score (nSPS) is 14.9. The van der Waals surface area contributed by atoms with Crippen LogP contribution >= 0.6 is 11.3 Å². The van der Waals surface area contributed by atoms with Crippen molar-refractivity contribution in [1.82, 2.24) is 15.2 Å². The van der Waals surface area contributed by atoms with Crippen LogP contribution in [-0.2, 0) is 6.54 Å². The number of carbonyl (C=O) groups excluding carboxylic acids is 1. The zero-order chi connectivity index (χ0) is 16.2. The van der Waals surface area contributed by atoms with Crippen molar-refractivity contribution in [3.63, 3.8) is 0 Å². The van der Waals surface area contributed by atoms with Gasteiger partial charge in [0.15, 0.2) is 0 Å². The van der Waals surface area contributed by atoms with Gasteiger partial charge in [0.05, 0.1) is 17.2 Å². The number of nitrogens with one attached hydrogen (secondary N) is 1. The lowest BCUT2D eigenvalue weighted by molar-refractivity contribution is 0.194. The summed E-state index contributed by atoms with van der Waals surface area (Å²) in [5.41, 5.74) is 3.43. The van der Waals surface area contributed by atoms with Gasteiger partial charge in [0, 0.05) is 37.2 Å². The van der Waals surface area contributed by atoms with Crippen molar-refractivity contribution >= 4 is 23.1 Å². The number of nitrogens with zero attached hydrogens (tertiary/aromatic N) is 3. The average Bonchev–Trinajstić information content (AvgIpc) is 2.98. The molecule has 122 valence electrons. The van der Waals surface area contributed by atoms with Crippen LogP contribution in [0.15, 0.2) is 29.6 Å². The molecule has 1 aliphatic heterocycles. The summed E-state index contributed by atoms with van der Waals surface area (Å²) in [4.78, 5) is 20.8. The second-order valence-electron chi connectivity index (χ2n) is 5.83. The summed E-state index contributed by atoms with van der Waals surface area (Å²) in [6.07, 6.45) is 0. The minimum atomic E-state index is -0.000421. The lowest BCUT2D eigenvalue weighted by Crippen LogP contribution is -2.51. The van der Waals surface area contributed by atoms with Crippen LogP contribution in [0.25, 0.3) is 0 Å². The fraction of sp³-hybridized carbons (Fsp3) is 0.412. The first kappa shape index (κ1) is 15.8. The molecule has 1 aliphatic rings. The predicted octanol–water partition coefficient (Wildman–Crippen LogP) is 2.79. The van der Waals surface area contributed by atoms with Gasteiger partial charge >= 0.3 is 6.03 Å². The summed E-state index contributed by atoms with van der Waals surface area (Å²) in [5.74, 6) is 0. The Morgan fingerprint density at radius 3 is 2.70 bits per heavy atom. The summed E-state index contributed by atoms with van der Waals surface area (Å²) in [7, 11) is 0. The first-order chi connectivity index (χ1) is 11.1. The van der Waals surface area contributed by atoms with Gasteiger partial charge in [-0.05, 0) is 31.5 Å². The lowest BCUT2D eigenvalue weighted by Gasteiger charge is -2.36. The number of hydrogen-bond acceptors (Lipinski definition) is 4. The van der Waals surface area contributed by atoms with E-state index in [0.29, 0.717) is 6.54 Å². The molecule has 0 spiro atoms. The van der Waals surface area contributed by atoms with Gasteiger partial charge in [-0.3, -0.25) is 0 Å². The van der Waals surface area contributed by atoms with Crippen LogP contribution in [0.4, 0.5) is 10.5 Å². The molecule has 1 aromatic carbocycles. The fourth-order valence-corrected chi connectivity index (χ4v) is 3.37. The Labute approximate surface area is 140 Å². The van der Waals surface area contributed by atoms with Crippen molar-refractivity contribution in [2.45, 2.75) is 20.4 Å². The van der Waals surface area contributed by atoms with Crippen molar-refractivity contribution in [1.29, 1.82) is 0 Å². The standard InChI is InChI=1S/C17H22N4OS/c1-13-4-3-5-16(10-13)20-6-8-21(9-7-20)17(22)18-11-15-12-23-14(2)19-15/h3-5,10,12H,6-9,11H2,1-2H3,(H,18,22). The highest BCUT2D eigenvalue weighted by Crippen LogP contribution is 2.17. The van der Waals surface area contributed by atoms with Crippen LogP contribution < -0.4 is 10.2 Å². The van der Waals surface area contributed by atoms with Crippen LogP contribution in [-0.4, -0.2) is 42.1 Å². The molecule has 2 amide bonds. The van der Waals surface area contributed by atoms with Crippen molar-refractivity contribution < 1.29 is 4.79 Å². The van der Waals surface area contributed by atoms with E-state index in [1.807, 2.05) is 17.2 Å². The van der Waals surface area contributed by atoms with E-state index in [2.05, 4.69) is 46.4 Å². The second kappa shape index (κ2) is 7.00. The third-order valence-corrected chi connectivity index (χ3v) is 4.84. The summed E-state index contributed by atoms with van der Waals surface area (Å²) in [6.45, 7) is 7.81. The summed E-state index contributed by atoms with van der Waals surface area (Å²) in [6, 6.07) is 8.51. The number of benzene rings is 1. The van der Waals surface area contributed by atoms with E-state index < -0.39 is 0 Å². The van der Waals surface area contributed by atoms with Gasteiger partial charge < -0.3 is 15.1 Å². The molecular weight excluding hydrogens is 308 g/mol. The molecule has 0 aliphatic carbocycles. The highest BCUT2D eigenvalue weighted by molar-refractivity contribution is 7.09. The third-order valence-electron chi connectivity index (χ3n) is 4.02. The molecule has 0 bridgehead atoms. The van der Waals surface area contributed by atoms with Crippen LogP contribution in [0.5, 0.6) is 0 Å². The number of piperazine rings is 1. The maximum atomic E-state index is 12.2. The molecule has 1 saturated heterocycles. The van der Waals surface area contributed by atoms with Gasteiger partial charge in [-0.2, -0.15) is 0 Å². The Bertz CT molecular complexity index is 677. The zero-order valence-electron chi connectivity index (χ0n) is 13.6. The van der Waals surface area contributed by atoms with E-state index >= 15 is 0 Å². The summed E-state index contributed by atoms with van der Waals surface area (Å²) < 4.78 is 0. The number of thiazole rings is 1. The molecule has 1 fully saturated rings. The predicted molar refractivity (Wildman–Crippen MR) is 94.1 cm³/mol. The van der Waals surface area contributed by atoms with Gasteiger partial charge in [0.1, 0.15) is 0 Å². The highest BCUT2D eigenvalue weighted by Gasteiger charge is 2.21. The van der Waals surface area contributed by atoms with Gasteiger partial charge in [-0.25, -0.2) is 9.78 Å². The minimum absolute atomic E-state index is 0.000421. The SMILES string of the molecule is Cc1cccc(N2CCN(C(=O)NCc3csc(C)n3)CC2)c1. The van der Waals surface area contributed by atoms with Crippen molar-refractivity contribution in [3.8, 4) is 0 Å². The van der Waals surface area contributed by atoms with E-state index in [0.717, 1.165) is 36.9 Å². The topological polar surface area (TPSA) is 48.5 Å². The quantitative estimate of drug-likeness (QED) is 0.941. The first-order valence-electron chi connectivity index (χ1n) is 7.87. The van der Waals surface area contributed by atoms with E-state index in [1.165, 1.54) is 11.3 Å². The largest absolute Gasteiger partial charge is 0.368 e. The number of hydrogen-bond donors (Lipinski definition) is 1. The maximum absolute atomic E-state index is 12.2. The Morgan fingerprint density at radius 2 is 2.04 bits per heavy atom. The van der Waals surface area contributed by atoms with Gasteiger partial charge in [0.25, 0.3) is 0 Å². The number of amides is 2. The first-order valence-corrected chi connectivity index (χ1v) is 8.75. The van der Waals surface area contributed by atoms with E-state index in [1.54, 1.807) is 11.3 Å². The van der Waals surface area contributed by atoms with E-state index in [9.17, 15) is 4.79 Å². The average molecular weight is 330 g/mol. The Hall–Kier alpha value is -2.08. The molecule has 3 rings (SSSR count). The molecule has 0 atom stereocenters. The molecular formula is C17H22N4OS. The third kappa shape index (κ3) is 4.01. The Balaban J connectivity index is 1.49. The fourth-order valence-electron chi connectivity index (χ4n) is 2.76. The van der Waals surface area contributed by atoms with Gasteiger partial charge in [-0.1, -0.05) is 12.1 Å². The van der Waals surface area contributed by atoms with Crippen LogP contribution in [0.2, 0.25) is 0 Å². The second-order valence-corrected chi connectivity index (χ2v) is 6.89. The number of carbonyl (C=O) groups is 1. The van der Waals surface area contributed by atoms with Gasteiger partial charge in [-0.15, -0.1) is 11.3 Å². The van der Waals surface area contributed by atoms with Crippen LogP contribution in [0.1, 0.15) is 16.3 Å². The van der Waals surface area contributed by atoms with Crippen LogP contribution in [0, 0.1) is 13.8 Å². The smallest absolute Gasteiger partial charge is 0.317 e. The van der Waals surface area contributed by atoms with Crippen molar-refractivity contribution in [2.24, 2.45) is 0 Å². The molecule has 0 saturated carbocycles. The summed E-state index contributed by atoms with van der Waals surface area (Å²) >= 11 is 1.61. The Kier molecular flexibility index (Phi) is 4.81. The number of aromatic nitrogens is 1. The molecule has 1 aromatic heterocycles. The molecule has 2 aromatic rings. The maximum Gasteiger partial charge on any atom is 0.317 e. The number of aryl methyl sites for hydroxylation is 2. The molecule has 1 N–H and O–H groups in total. The molecule has 0 unspecified atom stereocenters. The van der Waals surface area contributed by atoms with Gasteiger partial charge in [0.2, 0.25) is 0 Å². The minimum Gasteiger partial charge on any atom is -0.368 e. The molecule has 23 heavy (non-hydrogen) atoms. The number of rotatable bonds is 3. The summed E-state index contributed by atoms with van der Waals surface area (Å²) in [5, 5.41) is 5.98. The van der Waals surface area contributed by atoms with Crippen LogP contribution in [0.3, 0.4) is 0 Å². The monoisotopic (exact) mass is 330 g/mol.